The fraction of sp³-hybridized carbons (Fsp3) is 0.345. The first-order valence-corrected chi connectivity index (χ1v) is 14.5. The van der Waals surface area contributed by atoms with Crippen molar-refractivity contribution in [1.82, 2.24) is 15.3 Å². The van der Waals surface area contributed by atoms with Gasteiger partial charge in [0.1, 0.15) is 40.9 Å². The Morgan fingerprint density at radius 2 is 2.05 bits per heavy atom. The van der Waals surface area contributed by atoms with Crippen LogP contribution < -0.4 is 25.4 Å². The molecule has 2 aliphatic heterocycles. The topological polar surface area (TPSA) is 109 Å². The Kier molecular flexibility index (Phi) is 7.32. The number of ether oxygens (including phenoxy) is 2. The van der Waals surface area contributed by atoms with E-state index in [-0.39, 0.29) is 72.8 Å². The quantitative estimate of drug-likeness (QED) is 0.269. The van der Waals surface area contributed by atoms with Crippen LogP contribution in [0.15, 0.2) is 24.3 Å². The molecule has 12 heteroatoms. The molecule has 41 heavy (non-hydrogen) atoms. The van der Waals surface area contributed by atoms with Crippen molar-refractivity contribution in [2.45, 2.75) is 38.3 Å². The molecule has 2 bridgehead atoms. The van der Waals surface area contributed by atoms with Crippen molar-refractivity contribution in [2.75, 3.05) is 37.4 Å². The SMILES string of the molecule is CNCC1CC/C=C/CCN2c3nc(nc4c(F)c(-c5ccc(F)c6sc(N)c(C#N)c56)c(Cl)c(c34)OC[C@@H]2C)O1. The average Bonchev–Trinajstić information content (AvgIpc) is 3.22. The van der Waals surface area contributed by atoms with Crippen LogP contribution in [0, 0.1) is 23.0 Å². The number of nitrogens with one attached hydrogen (secondary N) is 1. The highest BCUT2D eigenvalue weighted by atomic mass is 35.5. The van der Waals surface area contributed by atoms with Crippen LogP contribution >= 0.6 is 22.9 Å². The number of nitrogens with two attached hydrogens (primary N) is 1. The van der Waals surface area contributed by atoms with E-state index in [4.69, 9.17) is 31.8 Å². The summed E-state index contributed by atoms with van der Waals surface area (Å²) < 4.78 is 44.3. The Balaban J connectivity index is 1.68. The van der Waals surface area contributed by atoms with Gasteiger partial charge in [-0.1, -0.05) is 29.8 Å². The molecule has 2 aromatic heterocycles. The Hall–Kier alpha value is -3.72. The Morgan fingerprint density at radius 1 is 1.24 bits per heavy atom. The van der Waals surface area contributed by atoms with Crippen molar-refractivity contribution < 1.29 is 18.3 Å². The van der Waals surface area contributed by atoms with Gasteiger partial charge >= 0.3 is 6.01 Å². The van der Waals surface area contributed by atoms with E-state index in [0.717, 1.165) is 30.6 Å². The van der Waals surface area contributed by atoms with E-state index in [0.29, 0.717) is 24.3 Å². The number of halogens is 3. The first-order chi connectivity index (χ1) is 19.8. The standard InChI is InChI=1S/C29H27ClF2N6O2S/c1-14-13-39-25-21-24(36-29-37-28(21)38(14)10-6-4-3-5-7-15(40-29)12-35-2)23(32)20(22(25)30)16-8-9-18(31)26-19(16)17(11-33)27(34)41-26/h3-4,8-9,14-15,35H,5-7,10,12-13,34H2,1-2H3/b4-3+/t14-,15?/m0/s1. The van der Waals surface area contributed by atoms with Crippen molar-refractivity contribution in [3.8, 4) is 29.0 Å². The molecule has 0 fully saturated rings. The monoisotopic (exact) mass is 596 g/mol. The molecule has 0 radical (unpaired) electrons. The molecule has 2 atom stereocenters. The lowest BCUT2D eigenvalue weighted by Gasteiger charge is -2.29. The van der Waals surface area contributed by atoms with Gasteiger partial charge in [-0.25, -0.2) is 8.78 Å². The highest BCUT2D eigenvalue weighted by Gasteiger charge is 2.33. The lowest BCUT2D eigenvalue weighted by molar-refractivity contribution is 0.176. The fourth-order valence-electron chi connectivity index (χ4n) is 5.52. The number of likely N-dealkylation sites (N-methyl/N-ethyl adjacent to an activating group) is 1. The van der Waals surface area contributed by atoms with E-state index in [1.807, 2.05) is 20.0 Å². The molecule has 1 unspecified atom stereocenters. The van der Waals surface area contributed by atoms with Gasteiger partial charge in [0.25, 0.3) is 0 Å². The summed E-state index contributed by atoms with van der Waals surface area (Å²) in [7, 11) is 1.83. The van der Waals surface area contributed by atoms with E-state index in [1.54, 1.807) is 0 Å². The van der Waals surface area contributed by atoms with Gasteiger partial charge in [0.2, 0.25) is 0 Å². The molecule has 0 saturated heterocycles. The van der Waals surface area contributed by atoms with Gasteiger partial charge < -0.3 is 25.4 Å². The molecule has 2 aromatic carbocycles. The average molecular weight is 597 g/mol. The maximum atomic E-state index is 16.8. The minimum Gasteiger partial charge on any atom is -0.489 e. The largest absolute Gasteiger partial charge is 0.489 e. The van der Waals surface area contributed by atoms with Gasteiger partial charge in [-0.15, -0.1) is 11.3 Å². The van der Waals surface area contributed by atoms with Gasteiger partial charge in [-0.05, 0) is 44.9 Å². The van der Waals surface area contributed by atoms with Gasteiger partial charge in [0, 0.05) is 24.0 Å². The molecule has 212 valence electrons. The third kappa shape index (κ3) is 4.60. The summed E-state index contributed by atoms with van der Waals surface area (Å²) >= 11 is 7.88. The summed E-state index contributed by atoms with van der Waals surface area (Å²) in [6, 6.07) is 4.56. The number of benzene rings is 2. The maximum absolute atomic E-state index is 16.8. The maximum Gasteiger partial charge on any atom is 0.319 e. The zero-order valence-corrected chi connectivity index (χ0v) is 24.0. The van der Waals surface area contributed by atoms with Gasteiger partial charge in [-0.2, -0.15) is 15.2 Å². The molecule has 8 nitrogen and oxygen atoms in total. The third-order valence-electron chi connectivity index (χ3n) is 7.48. The number of allylic oxidation sites excluding steroid dienone is 1. The van der Waals surface area contributed by atoms with E-state index in [2.05, 4.69) is 27.4 Å². The van der Waals surface area contributed by atoms with Crippen LogP contribution in [0.3, 0.4) is 0 Å². The summed E-state index contributed by atoms with van der Waals surface area (Å²) in [6.07, 6.45) is 6.32. The lowest BCUT2D eigenvalue weighted by Crippen LogP contribution is -2.38. The Morgan fingerprint density at radius 3 is 2.83 bits per heavy atom. The van der Waals surface area contributed by atoms with E-state index < -0.39 is 11.6 Å². The van der Waals surface area contributed by atoms with Crippen LogP contribution in [0.1, 0.15) is 31.7 Å². The molecule has 0 aliphatic carbocycles. The van der Waals surface area contributed by atoms with Crippen LogP contribution in [0.25, 0.3) is 32.1 Å². The fourth-order valence-corrected chi connectivity index (χ4v) is 6.80. The van der Waals surface area contributed by atoms with E-state index in [9.17, 15) is 9.65 Å². The molecule has 4 aromatic rings. The van der Waals surface area contributed by atoms with Crippen LogP contribution in [-0.4, -0.2) is 48.9 Å². The number of nitrogens with zero attached hydrogens (tertiary/aromatic N) is 4. The second kappa shape index (κ2) is 10.9. The zero-order chi connectivity index (χ0) is 28.8. The number of nitriles is 1. The number of anilines is 2. The summed E-state index contributed by atoms with van der Waals surface area (Å²) in [5.74, 6) is -0.623. The van der Waals surface area contributed by atoms with Crippen molar-refractivity contribution in [2.24, 2.45) is 0 Å². The molecule has 6 rings (SSSR count). The highest BCUT2D eigenvalue weighted by molar-refractivity contribution is 7.23. The second-order valence-electron chi connectivity index (χ2n) is 10.1. The van der Waals surface area contributed by atoms with Crippen molar-refractivity contribution in [3.63, 3.8) is 0 Å². The van der Waals surface area contributed by atoms with Crippen molar-refractivity contribution >= 4 is 54.7 Å². The molecular formula is C29H27ClF2N6O2S. The van der Waals surface area contributed by atoms with Crippen molar-refractivity contribution in [1.29, 1.82) is 5.26 Å². The number of rotatable bonds is 3. The molecule has 4 heterocycles. The molecule has 2 aliphatic rings. The zero-order valence-electron chi connectivity index (χ0n) is 22.4. The predicted octanol–water partition coefficient (Wildman–Crippen LogP) is 6.19. The van der Waals surface area contributed by atoms with Crippen LogP contribution in [0.4, 0.5) is 19.6 Å². The van der Waals surface area contributed by atoms with Gasteiger partial charge in [-0.3, -0.25) is 0 Å². The van der Waals surface area contributed by atoms with Crippen molar-refractivity contribution in [3.05, 3.63) is 46.5 Å². The van der Waals surface area contributed by atoms with Gasteiger partial charge in [0.15, 0.2) is 11.6 Å². The molecule has 0 saturated carbocycles. The summed E-state index contributed by atoms with van der Waals surface area (Å²) in [5.41, 5.74) is 6.25. The predicted molar refractivity (Wildman–Crippen MR) is 158 cm³/mol. The minimum atomic E-state index is -0.751. The first kappa shape index (κ1) is 27.4. The second-order valence-corrected chi connectivity index (χ2v) is 11.6. The Bertz CT molecular complexity index is 1750. The van der Waals surface area contributed by atoms with Gasteiger partial charge in [0.05, 0.1) is 26.7 Å². The number of aromatic nitrogens is 2. The normalized spacial score (nSPS) is 19.7. The number of hydrogen-bond donors (Lipinski definition) is 2. The first-order valence-electron chi connectivity index (χ1n) is 13.3. The van der Waals surface area contributed by atoms with E-state index >= 15 is 4.39 Å². The number of nitrogen functional groups attached to an aromatic ring is 1. The van der Waals surface area contributed by atoms with Crippen LogP contribution in [-0.2, 0) is 0 Å². The van der Waals surface area contributed by atoms with Crippen LogP contribution in [0.2, 0.25) is 5.02 Å². The molecule has 3 N–H and O–H groups in total. The lowest BCUT2D eigenvalue weighted by atomic mass is 9.96. The summed E-state index contributed by atoms with van der Waals surface area (Å²) in [6.45, 7) is 3.43. The molecular weight excluding hydrogens is 570 g/mol. The van der Waals surface area contributed by atoms with E-state index in [1.165, 1.54) is 12.1 Å². The number of thiophene rings is 1. The Labute approximate surface area is 244 Å². The van der Waals surface area contributed by atoms with Crippen LogP contribution in [0.5, 0.6) is 11.8 Å². The number of hydrogen-bond acceptors (Lipinski definition) is 9. The molecule has 0 amide bonds. The summed E-state index contributed by atoms with van der Waals surface area (Å²) in [4.78, 5) is 11.4. The minimum absolute atomic E-state index is 0.0155. The smallest absolute Gasteiger partial charge is 0.319 e. The third-order valence-corrected chi connectivity index (χ3v) is 8.87. The number of fused-ring (bicyclic) bond motifs is 2. The summed E-state index contributed by atoms with van der Waals surface area (Å²) in [5, 5.41) is 13.6. The molecule has 0 spiro atoms. The highest BCUT2D eigenvalue weighted by Crippen LogP contribution is 2.51.